The minimum Gasteiger partial charge on any atom is -0.497 e. The topological polar surface area (TPSA) is 67.8 Å². The first-order valence-corrected chi connectivity index (χ1v) is 6.22. The van der Waals surface area contributed by atoms with E-state index >= 15 is 0 Å². The average Bonchev–Trinajstić information content (AvgIpc) is 2.68. The van der Waals surface area contributed by atoms with Gasteiger partial charge < -0.3 is 10.1 Å². The maximum atomic E-state index is 11.8. The van der Waals surface area contributed by atoms with Crippen molar-refractivity contribution < 1.29 is 14.3 Å². The molecule has 0 radical (unpaired) electrons. The predicted molar refractivity (Wildman–Crippen MR) is 70.0 cm³/mol. The molecule has 0 bridgehead atoms. The van der Waals surface area contributed by atoms with Crippen molar-refractivity contribution in [3.63, 3.8) is 0 Å². The van der Waals surface area contributed by atoms with Gasteiger partial charge in [-0.3, -0.25) is 9.59 Å². The predicted octanol–water partition coefficient (Wildman–Crippen LogP) is 1.44. The Labute approximate surface area is 109 Å². The molecular weight excluding hydrogens is 252 g/mol. The van der Waals surface area contributed by atoms with Gasteiger partial charge in [0.15, 0.2) is 5.17 Å². The molecule has 0 aromatic heterocycles. The van der Waals surface area contributed by atoms with Crippen molar-refractivity contribution in [1.82, 2.24) is 5.32 Å². The molecule has 1 atom stereocenters. The monoisotopic (exact) mass is 264 g/mol. The Morgan fingerprint density at radius 2 is 2.06 bits per heavy atom. The molecule has 1 aromatic rings. The molecule has 0 saturated carbocycles. The van der Waals surface area contributed by atoms with Gasteiger partial charge in [0.25, 0.3) is 5.91 Å². The summed E-state index contributed by atoms with van der Waals surface area (Å²) in [5.41, 5.74) is 0.456. The zero-order valence-corrected chi connectivity index (χ0v) is 10.8. The minimum absolute atomic E-state index is 0.124. The summed E-state index contributed by atoms with van der Waals surface area (Å²) in [6.45, 7) is 1.76. The van der Waals surface area contributed by atoms with Crippen molar-refractivity contribution in [2.45, 2.75) is 12.2 Å². The highest BCUT2D eigenvalue weighted by atomic mass is 32.2. The molecule has 94 valence electrons. The summed E-state index contributed by atoms with van der Waals surface area (Å²) in [7, 11) is 1.56. The normalized spacial score (nSPS) is 20.9. The number of ether oxygens (including phenoxy) is 1. The van der Waals surface area contributed by atoms with Crippen LogP contribution in [0, 0.1) is 0 Å². The van der Waals surface area contributed by atoms with Crippen LogP contribution in [-0.2, 0) is 4.79 Å². The van der Waals surface area contributed by atoms with Crippen LogP contribution in [0.3, 0.4) is 0 Å². The van der Waals surface area contributed by atoms with Gasteiger partial charge in [-0.15, -0.1) is 0 Å². The van der Waals surface area contributed by atoms with E-state index < -0.39 is 0 Å². The molecule has 1 aliphatic heterocycles. The second kappa shape index (κ2) is 5.22. The second-order valence-corrected chi connectivity index (χ2v) is 5.03. The van der Waals surface area contributed by atoms with Gasteiger partial charge in [0.1, 0.15) is 5.75 Å². The summed E-state index contributed by atoms with van der Waals surface area (Å²) in [6.07, 6.45) is 0. The first-order valence-electron chi connectivity index (χ1n) is 5.35. The number of nitrogens with zero attached hydrogens (tertiary/aromatic N) is 1. The third kappa shape index (κ3) is 2.70. The van der Waals surface area contributed by atoms with E-state index in [4.69, 9.17) is 4.74 Å². The van der Waals surface area contributed by atoms with Gasteiger partial charge in [-0.25, -0.2) is 0 Å². The van der Waals surface area contributed by atoms with Crippen molar-refractivity contribution in [3.05, 3.63) is 29.8 Å². The van der Waals surface area contributed by atoms with E-state index in [1.54, 1.807) is 38.3 Å². The van der Waals surface area contributed by atoms with Crippen LogP contribution in [-0.4, -0.2) is 29.3 Å². The zero-order chi connectivity index (χ0) is 13.1. The highest BCUT2D eigenvalue weighted by Crippen LogP contribution is 2.19. The van der Waals surface area contributed by atoms with E-state index in [0.717, 1.165) is 0 Å². The van der Waals surface area contributed by atoms with Crippen molar-refractivity contribution in [3.8, 4) is 5.75 Å². The Morgan fingerprint density at radius 1 is 1.39 bits per heavy atom. The summed E-state index contributed by atoms with van der Waals surface area (Å²) in [6, 6.07) is 6.65. The molecule has 1 saturated heterocycles. The average molecular weight is 264 g/mol. The summed E-state index contributed by atoms with van der Waals surface area (Å²) in [4.78, 5) is 26.9. The standard InChI is InChI=1S/C12H12N2O3S/c1-7-10(15)13-12(18-7)14-11(16)8-3-5-9(17-2)6-4-8/h3-7H,1-2H3,(H,13,14,15,16)/t7-/m0/s1. The molecule has 1 fully saturated rings. The van der Waals surface area contributed by atoms with Crippen molar-refractivity contribution in [2.75, 3.05) is 7.11 Å². The number of nitrogens with one attached hydrogen (secondary N) is 1. The first-order chi connectivity index (χ1) is 8.60. The first kappa shape index (κ1) is 12.6. The molecule has 1 aliphatic rings. The fraction of sp³-hybridized carbons (Fsp3) is 0.250. The number of benzene rings is 1. The quantitative estimate of drug-likeness (QED) is 0.877. The van der Waals surface area contributed by atoms with E-state index in [1.807, 2.05) is 0 Å². The Balaban J connectivity index is 2.12. The number of rotatable bonds is 2. The van der Waals surface area contributed by atoms with Crippen LogP contribution in [0.25, 0.3) is 0 Å². The van der Waals surface area contributed by atoms with Crippen LogP contribution >= 0.6 is 11.8 Å². The summed E-state index contributed by atoms with van der Waals surface area (Å²) < 4.78 is 5.00. The van der Waals surface area contributed by atoms with Gasteiger partial charge in [0, 0.05) is 5.56 Å². The molecule has 2 rings (SSSR count). The second-order valence-electron chi connectivity index (χ2n) is 3.70. The molecule has 0 spiro atoms. The Kier molecular flexibility index (Phi) is 3.66. The van der Waals surface area contributed by atoms with E-state index in [1.165, 1.54) is 11.8 Å². The maximum absolute atomic E-state index is 11.8. The third-order valence-corrected chi connectivity index (χ3v) is 3.41. The molecule has 0 aliphatic carbocycles. The fourth-order valence-electron chi connectivity index (χ4n) is 1.40. The number of hydrogen-bond donors (Lipinski definition) is 1. The fourth-order valence-corrected chi connectivity index (χ4v) is 2.20. The SMILES string of the molecule is COc1ccc(C(=O)N=C2NC(=O)[C@H](C)S2)cc1. The van der Waals surface area contributed by atoms with Gasteiger partial charge in [-0.05, 0) is 31.2 Å². The Hall–Kier alpha value is -1.82. The van der Waals surface area contributed by atoms with E-state index in [0.29, 0.717) is 16.5 Å². The van der Waals surface area contributed by atoms with Crippen LogP contribution in [0.15, 0.2) is 29.3 Å². The number of carbonyl (C=O) groups is 2. The van der Waals surface area contributed by atoms with Crippen LogP contribution in [0.4, 0.5) is 0 Å². The smallest absolute Gasteiger partial charge is 0.279 e. The lowest BCUT2D eigenvalue weighted by Crippen LogP contribution is -2.23. The van der Waals surface area contributed by atoms with E-state index in [2.05, 4.69) is 10.3 Å². The van der Waals surface area contributed by atoms with Gasteiger partial charge in [0.2, 0.25) is 5.91 Å². The highest BCUT2D eigenvalue weighted by Gasteiger charge is 2.26. The van der Waals surface area contributed by atoms with Gasteiger partial charge in [-0.1, -0.05) is 11.8 Å². The Bertz CT molecular complexity index is 511. The highest BCUT2D eigenvalue weighted by molar-refractivity contribution is 8.15. The zero-order valence-electron chi connectivity index (χ0n) is 9.97. The number of methoxy groups -OCH3 is 1. The summed E-state index contributed by atoms with van der Waals surface area (Å²) in [5, 5.41) is 2.71. The van der Waals surface area contributed by atoms with Crippen LogP contribution in [0.5, 0.6) is 5.75 Å². The van der Waals surface area contributed by atoms with Crippen LogP contribution < -0.4 is 10.1 Å². The lowest BCUT2D eigenvalue weighted by atomic mass is 10.2. The number of hydrogen-bond acceptors (Lipinski definition) is 4. The number of carbonyl (C=O) groups excluding carboxylic acids is 2. The summed E-state index contributed by atoms with van der Waals surface area (Å²) >= 11 is 1.25. The molecule has 1 aromatic carbocycles. The molecular formula is C12H12N2O3S. The van der Waals surface area contributed by atoms with Gasteiger partial charge in [-0.2, -0.15) is 4.99 Å². The Morgan fingerprint density at radius 3 is 2.56 bits per heavy atom. The lowest BCUT2D eigenvalue weighted by Gasteiger charge is -2.00. The van der Waals surface area contributed by atoms with Crippen LogP contribution in [0.1, 0.15) is 17.3 Å². The number of amides is 2. The minimum atomic E-state index is -0.380. The van der Waals surface area contributed by atoms with Crippen molar-refractivity contribution in [2.24, 2.45) is 4.99 Å². The maximum Gasteiger partial charge on any atom is 0.279 e. The van der Waals surface area contributed by atoms with Crippen molar-refractivity contribution in [1.29, 1.82) is 0 Å². The molecule has 1 heterocycles. The van der Waals surface area contributed by atoms with Gasteiger partial charge >= 0.3 is 0 Å². The third-order valence-electron chi connectivity index (χ3n) is 2.43. The van der Waals surface area contributed by atoms with E-state index in [-0.39, 0.29) is 17.1 Å². The molecule has 0 unspecified atom stereocenters. The molecule has 1 N–H and O–H groups in total. The number of aliphatic imine (C=N–C) groups is 1. The van der Waals surface area contributed by atoms with Gasteiger partial charge in [0.05, 0.1) is 12.4 Å². The number of thioether (sulfide) groups is 1. The van der Waals surface area contributed by atoms with Crippen molar-refractivity contribution >= 4 is 28.7 Å². The lowest BCUT2D eigenvalue weighted by molar-refractivity contribution is -0.118. The molecule has 18 heavy (non-hydrogen) atoms. The molecule has 6 heteroatoms. The van der Waals surface area contributed by atoms with E-state index in [9.17, 15) is 9.59 Å². The number of amidine groups is 1. The van der Waals surface area contributed by atoms with Crippen LogP contribution in [0.2, 0.25) is 0 Å². The summed E-state index contributed by atoms with van der Waals surface area (Å²) in [5.74, 6) is 0.173. The molecule has 2 amide bonds. The largest absolute Gasteiger partial charge is 0.497 e. The molecule has 5 nitrogen and oxygen atoms in total.